The Morgan fingerprint density at radius 2 is 1.54 bits per heavy atom. The Labute approximate surface area is 259 Å². The third-order valence-electron chi connectivity index (χ3n) is 7.20. The van der Waals surface area contributed by atoms with Gasteiger partial charge in [0.05, 0.1) is 22.5 Å². The molecule has 1 aliphatic carbocycles. The van der Waals surface area contributed by atoms with Gasteiger partial charge in [-0.3, -0.25) is 9.59 Å². The molecule has 1 aliphatic rings. The average molecular weight is 736 g/mol. The first-order valence-corrected chi connectivity index (χ1v) is 13.7. The summed E-state index contributed by atoms with van der Waals surface area (Å²) in [6.07, 6.45) is -17.0. The summed E-state index contributed by atoms with van der Waals surface area (Å²) in [5.74, 6) is -5.20. The lowest BCUT2D eigenvalue weighted by molar-refractivity contribution is -0.348. The summed E-state index contributed by atoms with van der Waals surface area (Å²) < 4.78 is 164. The molecular weight excluding hydrogens is 718 g/mol. The molecule has 46 heavy (non-hydrogen) atoms. The molecule has 1 heterocycles. The molecule has 18 heteroatoms. The van der Waals surface area contributed by atoms with Gasteiger partial charge in [0.25, 0.3) is 11.8 Å². The van der Waals surface area contributed by atoms with Crippen molar-refractivity contribution >= 4 is 39.1 Å². The van der Waals surface area contributed by atoms with E-state index >= 15 is 4.39 Å². The van der Waals surface area contributed by atoms with Crippen molar-refractivity contribution in [2.24, 2.45) is 5.92 Å². The first-order chi connectivity index (χ1) is 21.1. The van der Waals surface area contributed by atoms with Crippen LogP contribution in [0.5, 0.6) is 0 Å². The van der Waals surface area contributed by atoms with Crippen molar-refractivity contribution in [3.63, 3.8) is 0 Å². The van der Waals surface area contributed by atoms with Crippen molar-refractivity contribution in [2.45, 2.75) is 50.0 Å². The standard InChI is InChI=1S/C28H18BrF12N3O2/c1-12(13-5-6-13)44(24(46)14-7-8-42-20(30)9-14)19-4-2-3-16(21(19)31)23(45)43-22-17(26(33,34)35)10-15(11-18(22)29)25(32,27(36,37)38)28(39,40)41/h2-4,7-13H,5-6H2,1H3,(H,43,45). The molecule has 1 N–H and O–H groups in total. The van der Waals surface area contributed by atoms with E-state index in [2.05, 4.69) is 20.9 Å². The summed E-state index contributed by atoms with van der Waals surface area (Å²) in [4.78, 5) is 30.8. The van der Waals surface area contributed by atoms with Crippen molar-refractivity contribution in [3.05, 3.63) is 87.2 Å². The van der Waals surface area contributed by atoms with E-state index < -0.39 is 92.4 Å². The maximum absolute atomic E-state index is 15.9. The van der Waals surface area contributed by atoms with Gasteiger partial charge in [0, 0.05) is 33.9 Å². The molecule has 1 unspecified atom stereocenters. The lowest BCUT2D eigenvalue weighted by atomic mass is 9.92. The van der Waals surface area contributed by atoms with Crippen LogP contribution in [-0.2, 0) is 11.8 Å². The van der Waals surface area contributed by atoms with E-state index in [1.807, 2.05) is 0 Å². The molecule has 4 rings (SSSR count). The van der Waals surface area contributed by atoms with E-state index in [1.54, 1.807) is 12.2 Å². The van der Waals surface area contributed by atoms with Crippen LogP contribution in [0.15, 0.2) is 53.1 Å². The Balaban J connectivity index is 1.80. The second-order valence-electron chi connectivity index (χ2n) is 10.2. The highest BCUT2D eigenvalue weighted by Crippen LogP contribution is 2.55. The maximum atomic E-state index is 15.9. The molecule has 0 saturated heterocycles. The molecule has 3 aromatic rings. The molecule has 5 nitrogen and oxygen atoms in total. The number of nitrogens with zero attached hydrogens (tertiary/aromatic N) is 2. The highest BCUT2D eigenvalue weighted by Gasteiger charge is 2.73. The van der Waals surface area contributed by atoms with Gasteiger partial charge in [0.1, 0.15) is 0 Å². The summed E-state index contributed by atoms with van der Waals surface area (Å²) in [7, 11) is 0. The van der Waals surface area contributed by atoms with Gasteiger partial charge in [-0.1, -0.05) is 6.07 Å². The quantitative estimate of drug-likeness (QED) is 0.195. The van der Waals surface area contributed by atoms with Crippen molar-refractivity contribution < 1.29 is 62.3 Å². The molecule has 0 spiro atoms. The number of amides is 2. The molecule has 0 aliphatic heterocycles. The van der Waals surface area contributed by atoms with Crippen LogP contribution in [0.3, 0.4) is 0 Å². The number of hydrogen-bond donors (Lipinski definition) is 1. The zero-order valence-electron chi connectivity index (χ0n) is 22.8. The number of carbonyl (C=O) groups is 2. The first kappa shape index (κ1) is 35.0. The second kappa shape index (κ2) is 12.1. The highest BCUT2D eigenvalue weighted by atomic mass is 79.9. The minimum absolute atomic E-state index is 0.132. The van der Waals surface area contributed by atoms with Crippen LogP contribution in [0.25, 0.3) is 0 Å². The van der Waals surface area contributed by atoms with Gasteiger partial charge in [0.15, 0.2) is 5.82 Å². The fourth-order valence-electron chi connectivity index (χ4n) is 4.68. The molecule has 2 amide bonds. The molecule has 1 atom stereocenters. The highest BCUT2D eigenvalue weighted by molar-refractivity contribution is 9.10. The number of nitrogens with one attached hydrogen (secondary N) is 1. The molecule has 1 fully saturated rings. The minimum Gasteiger partial charge on any atom is -0.320 e. The number of aromatic nitrogens is 1. The fraction of sp³-hybridized carbons (Fsp3) is 0.321. The number of halogens is 13. The summed E-state index contributed by atoms with van der Waals surface area (Å²) in [6.45, 7) is 1.54. The van der Waals surface area contributed by atoms with Crippen molar-refractivity contribution in [1.29, 1.82) is 0 Å². The van der Waals surface area contributed by atoms with Crippen molar-refractivity contribution in [2.75, 3.05) is 10.2 Å². The van der Waals surface area contributed by atoms with Gasteiger partial charge in [-0.15, -0.1) is 0 Å². The molecular formula is C28H18BrF12N3O2. The molecule has 1 aromatic heterocycles. The fourth-order valence-corrected chi connectivity index (χ4v) is 5.24. The van der Waals surface area contributed by atoms with Crippen LogP contribution in [-0.4, -0.2) is 35.2 Å². The Morgan fingerprint density at radius 3 is 2.07 bits per heavy atom. The van der Waals surface area contributed by atoms with Crippen molar-refractivity contribution in [3.8, 4) is 0 Å². The van der Waals surface area contributed by atoms with Crippen LogP contribution in [0, 0.1) is 17.7 Å². The van der Waals surface area contributed by atoms with Crippen LogP contribution >= 0.6 is 15.9 Å². The Bertz CT molecular complexity index is 1650. The van der Waals surface area contributed by atoms with E-state index in [0.717, 1.165) is 41.4 Å². The normalized spacial score (nSPS) is 15.0. The smallest absolute Gasteiger partial charge is 0.320 e. The third-order valence-corrected chi connectivity index (χ3v) is 7.82. The van der Waals surface area contributed by atoms with Crippen LogP contribution in [0.1, 0.15) is 51.6 Å². The SMILES string of the molecule is CC(C1CC1)N(C(=O)c1ccnc(F)c1)c1cccc(C(=O)Nc2c(Br)cc(C(F)(C(F)(F)F)C(F)(F)F)cc2C(F)(F)F)c1F. The Morgan fingerprint density at radius 1 is 0.935 bits per heavy atom. The number of pyridine rings is 1. The number of anilines is 2. The number of rotatable bonds is 7. The second-order valence-corrected chi connectivity index (χ2v) is 11.1. The number of alkyl halides is 10. The van der Waals surface area contributed by atoms with Gasteiger partial charge < -0.3 is 10.2 Å². The van der Waals surface area contributed by atoms with E-state index in [1.165, 1.54) is 0 Å². The zero-order chi connectivity index (χ0) is 34.6. The Kier molecular flexibility index (Phi) is 9.20. The minimum atomic E-state index is -6.75. The summed E-state index contributed by atoms with van der Waals surface area (Å²) in [6, 6.07) is 3.06. The molecule has 2 aromatic carbocycles. The zero-order valence-corrected chi connectivity index (χ0v) is 24.4. The lowest BCUT2D eigenvalue weighted by Gasteiger charge is -2.31. The number of carbonyl (C=O) groups excluding carboxylic acids is 2. The van der Waals surface area contributed by atoms with Gasteiger partial charge in [0.2, 0.25) is 5.95 Å². The summed E-state index contributed by atoms with van der Waals surface area (Å²) in [5, 5.41) is 1.61. The molecule has 248 valence electrons. The van der Waals surface area contributed by atoms with Gasteiger partial charge >= 0.3 is 24.2 Å². The van der Waals surface area contributed by atoms with E-state index in [9.17, 15) is 57.9 Å². The van der Waals surface area contributed by atoms with Crippen LogP contribution < -0.4 is 10.2 Å². The predicted octanol–water partition coefficient (Wildman–Crippen LogP) is 9.13. The molecule has 0 bridgehead atoms. The van der Waals surface area contributed by atoms with Crippen LogP contribution in [0.4, 0.5) is 64.1 Å². The molecule has 0 radical (unpaired) electrons. The van der Waals surface area contributed by atoms with E-state index in [0.29, 0.717) is 12.8 Å². The first-order valence-electron chi connectivity index (χ1n) is 12.9. The van der Waals surface area contributed by atoms with Gasteiger partial charge in [-0.05, 0) is 71.9 Å². The van der Waals surface area contributed by atoms with Crippen molar-refractivity contribution in [1.82, 2.24) is 4.98 Å². The molecule has 1 saturated carbocycles. The summed E-state index contributed by atoms with van der Waals surface area (Å²) >= 11 is 2.37. The van der Waals surface area contributed by atoms with E-state index in [-0.39, 0.29) is 17.5 Å². The lowest BCUT2D eigenvalue weighted by Crippen LogP contribution is -2.50. The van der Waals surface area contributed by atoms with Gasteiger partial charge in [-0.2, -0.15) is 43.9 Å². The largest absolute Gasteiger partial charge is 0.435 e. The summed E-state index contributed by atoms with van der Waals surface area (Å²) in [5.41, 5.74) is -14.3. The average Bonchev–Trinajstić information content (AvgIpc) is 3.78. The predicted molar refractivity (Wildman–Crippen MR) is 142 cm³/mol. The van der Waals surface area contributed by atoms with E-state index in [4.69, 9.17) is 0 Å². The number of benzene rings is 2. The number of hydrogen-bond acceptors (Lipinski definition) is 3. The van der Waals surface area contributed by atoms with Gasteiger partial charge in [-0.25, -0.2) is 13.8 Å². The third kappa shape index (κ3) is 6.53. The maximum Gasteiger partial charge on any atom is 0.435 e. The monoisotopic (exact) mass is 735 g/mol. The van der Waals surface area contributed by atoms with Crippen LogP contribution in [0.2, 0.25) is 0 Å². The Hall–Kier alpha value is -3.83. The topological polar surface area (TPSA) is 62.3 Å².